The van der Waals surface area contributed by atoms with Gasteiger partial charge in [-0.05, 0) is 31.7 Å². The molecule has 21 heavy (non-hydrogen) atoms. The van der Waals surface area contributed by atoms with Gasteiger partial charge in [0.25, 0.3) is 0 Å². The Balaban J connectivity index is 2.97. The second-order valence-electron chi connectivity index (χ2n) is 9.00. The lowest BCUT2D eigenvalue weighted by atomic mass is 9.82. The molecule has 0 aliphatic rings. The number of fused-ring (bicyclic) bond motifs is 1. The zero-order chi connectivity index (χ0) is 16.2. The topological polar surface area (TPSA) is 30.7 Å². The van der Waals surface area contributed by atoms with Gasteiger partial charge in [0.1, 0.15) is 12.0 Å². The number of rotatable bonds is 0. The minimum absolute atomic E-state index is 0.00522. The summed E-state index contributed by atoms with van der Waals surface area (Å²) in [5.74, 6) is 0. The quantitative estimate of drug-likeness (QED) is 0.698. The molecule has 2 heterocycles. The highest BCUT2D eigenvalue weighted by molar-refractivity contribution is 5.85. The van der Waals surface area contributed by atoms with Gasteiger partial charge in [-0.2, -0.15) is 0 Å². The second-order valence-corrected chi connectivity index (χ2v) is 9.00. The molecule has 0 radical (unpaired) electrons. The normalized spacial score (nSPS) is 14.0. The van der Waals surface area contributed by atoms with E-state index in [-0.39, 0.29) is 16.4 Å². The molecule has 2 aromatic heterocycles. The van der Waals surface area contributed by atoms with Crippen LogP contribution in [0.3, 0.4) is 0 Å². The van der Waals surface area contributed by atoms with Crippen molar-refractivity contribution in [2.24, 2.45) is 0 Å². The third kappa shape index (κ3) is 2.83. The molecule has 0 atom stereocenters. The van der Waals surface area contributed by atoms with E-state index in [1.807, 2.05) is 0 Å². The van der Waals surface area contributed by atoms with Crippen molar-refractivity contribution in [3.63, 3.8) is 0 Å². The Kier molecular flexibility index (Phi) is 3.47. The molecule has 2 aromatic rings. The molecule has 2 rings (SSSR count). The summed E-state index contributed by atoms with van der Waals surface area (Å²) in [6.07, 6.45) is 3.98. The van der Waals surface area contributed by atoms with Crippen LogP contribution in [0.2, 0.25) is 0 Å². The van der Waals surface area contributed by atoms with E-state index in [0.29, 0.717) is 0 Å². The molecule has 0 fully saturated rings. The Labute approximate surface area is 128 Å². The summed E-state index contributed by atoms with van der Waals surface area (Å²) in [5, 5.41) is 1.23. The fourth-order valence-electron chi connectivity index (χ4n) is 2.71. The average Bonchev–Trinajstić information content (AvgIpc) is 2.65. The van der Waals surface area contributed by atoms with E-state index in [9.17, 15) is 0 Å². The van der Waals surface area contributed by atoms with E-state index >= 15 is 0 Å². The fraction of sp³-hybridized carbons (Fsp3) is 0.667. The fourth-order valence-corrected chi connectivity index (χ4v) is 2.71. The first kappa shape index (κ1) is 16.0. The van der Waals surface area contributed by atoms with Crippen molar-refractivity contribution >= 4 is 11.0 Å². The molecular formula is C18H29N3. The molecule has 0 bridgehead atoms. The van der Waals surface area contributed by atoms with Gasteiger partial charge in [-0.3, -0.25) is 0 Å². The Morgan fingerprint density at radius 2 is 1.38 bits per heavy atom. The molecule has 0 spiro atoms. The number of hydrogen-bond donors (Lipinski definition) is 0. The average molecular weight is 287 g/mol. The van der Waals surface area contributed by atoms with E-state index in [2.05, 4.69) is 83.0 Å². The van der Waals surface area contributed by atoms with Crippen LogP contribution < -0.4 is 0 Å². The van der Waals surface area contributed by atoms with Crippen LogP contribution in [0, 0.1) is 0 Å². The SMILES string of the molecule is CC(C)(C)c1cn(C(C)(C)C)c2ncnc(C(C)(C)C)c12. The summed E-state index contributed by atoms with van der Waals surface area (Å²) in [7, 11) is 0. The maximum Gasteiger partial charge on any atom is 0.144 e. The summed E-state index contributed by atoms with van der Waals surface area (Å²) < 4.78 is 2.29. The Morgan fingerprint density at radius 3 is 1.81 bits per heavy atom. The highest BCUT2D eigenvalue weighted by Gasteiger charge is 2.30. The maximum atomic E-state index is 4.62. The van der Waals surface area contributed by atoms with Crippen LogP contribution in [0.15, 0.2) is 12.5 Å². The first-order valence-corrected chi connectivity index (χ1v) is 7.71. The van der Waals surface area contributed by atoms with E-state index in [4.69, 9.17) is 0 Å². The Hall–Kier alpha value is -1.38. The Bertz CT molecular complexity index is 659. The van der Waals surface area contributed by atoms with Crippen molar-refractivity contribution in [2.45, 2.75) is 78.7 Å². The van der Waals surface area contributed by atoms with Crippen molar-refractivity contribution in [1.29, 1.82) is 0 Å². The van der Waals surface area contributed by atoms with Crippen LogP contribution in [0.25, 0.3) is 11.0 Å². The smallest absolute Gasteiger partial charge is 0.144 e. The van der Waals surface area contributed by atoms with Gasteiger partial charge in [0.05, 0.1) is 5.69 Å². The molecule has 116 valence electrons. The largest absolute Gasteiger partial charge is 0.327 e. The van der Waals surface area contributed by atoms with Gasteiger partial charge in [0.2, 0.25) is 0 Å². The molecule has 0 amide bonds. The van der Waals surface area contributed by atoms with E-state index < -0.39 is 0 Å². The lowest BCUT2D eigenvalue weighted by Crippen LogP contribution is -2.21. The second kappa shape index (κ2) is 4.56. The minimum Gasteiger partial charge on any atom is -0.327 e. The van der Waals surface area contributed by atoms with Gasteiger partial charge in [0.15, 0.2) is 0 Å². The van der Waals surface area contributed by atoms with Crippen molar-refractivity contribution in [3.8, 4) is 0 Å². The lowest BCUT2D eigenvalue weighted by Gasteiger charge is -2.23. The maximum absolute atomic E-state index is 4.62. The van der Waals surface area contributed by atoms with Crippen LogP contribution in [-0.4, -0.2) is 14.5 Å². The van der Waals surface area contributed by atoms with Gasteiger partial charge in [0, 0.05) is 22.5 Å². The number of nitrogens with zero attached hydrogens (tertiary/aromatic N) is 3. The van der Waals surface area contributed by atoms with E-state index in [1.165, 1.54) is 10.9 Å². The standard InChI is InChI=1S/C18H29N3/c1-16(2,3)12-10-21(18(7,8)9)15-13(12)14(17(4,5)6)19-11-20-15/h10-11H,1-9H3. The van der Waals surface area contributed by atoms with Gasteiger partial charge in [-0.1, -0.05) is 41.5 Å². The molecule has 3 heteroatoms. The third-order valence-corrected chi connectivity index (χ3v) is 3.82. The summed E-state index contributed by atoms with van der Waals surface area (Å²) in [4.78, 5) is 9.23. The first-order chi connectivity index (χ1) is 9.33. The first-order valence-electron chi connectivity index (χ1n) is 7.71. The van der Waals surface area contributed by atoms with E-state index in [1.54, 1.807) is 6.33 Å². The van der Waals surface area contributed by atoms with Crippen molar-refractivity contribution < 1.29 is 0 Å². The van der Waals surface area contributed by atoms with Gasteiger partial charge < -0.3 is 4.57 Å². The molecule has 0 aliphatic heterocycles. The predicted octanol–water partition coefficient (Wildman–Crippen LogP) is 4.78. The van der Waals surface area contributed by atoms with Gasteiger partial charge >= 0.3 is 0 Å². The summed E-state index contributed by atoms with van der Waals surface area (Å²) in [6, 6.07) is 0. The van der Waals surface area contributed by atoms with Gasteiger partial charge in [-0.15, -0.1) is 0 Å². The molecule has 0 unspecified atom stereocenters. The monoisotopic (exact) mass is 287 g/mol. The van der Waals surface area contributed by atoms with E-state index in [0.717, 1.165) is 11.3 Å². The zero-order valence-corrected chi connectivity index (χ0v) is 15.0. The van der Waals surface area contributed by atoms with Gasteiger partial charge in [-0.25, -0.2) is 9.97 Å². The predicted molar refractivity (Wildman–Crippen MR) is 89.9 cm³/mol. The number of aromatic nitrogens is 3. The molecule has 0 N–H and O–H groups in total. The molecule has 0 aliphatic carbocycles. The molecular weight excluding hydrogens is 258 g/mol. The van der Waals surface area contributed by atoms with Crippen LogP contribution in [0.1, 0.15) is 73.6 Å². The molecule has 0 saturated heterocycles. The zero-order valence-electron chi connectivity index (χ0n) is 15.0. The van der Waals surface area contributed by atoms with Crippen molar-refractivity contribution in [2.75, 3.05) is 0 Å². The van der Waals surface area contributed by atoms with Crippen LogP contribution >= 0.6 is 0 Å². The molecule has 3 nitrogen and oxygen atoms in total. The highest BCUT2D eigenvalue weighted by atomic mass is 15.1. The number of hydrogen-bond acceptors (Lipinski definition) is 2. The summed E-state index contributed by atoms with van der Waals surface area (Å²) >= 11 is 0. The lowest BCUT2D eigenvalue weighted by molar-refractivity contribution is 0.405. The Morgan fingerprint density at radius 1 is 0.810 bits per heavy atom. The van der Waals surface area contributed by atoms with Crippen LogP contribution in [0.4, 0.5) is 0 Å². The third-order valence-electron chi connectivity index (χ3n) is 3.82. The minimum atomic E-state index is 0.00522. The highest BCUT2D eigenvalue weighted by Crippen LogP contribution is 2.38. The van der Waals surface area contributed by atoms with Crippen molar-refractivity contribution in [1.82, 2.24) is 14.5 Å². The summed E-state index contributed by atoms with van der Waals surface area (Å²) in [6.45, 7) is 20.1. The van der Waals surface area contributed by atoms with Crippen molar-refractivity contribution in [3.05, 3.63) is 23.8 Å². The molecule has 0 aromatic carbocycles. The van der Waals surface area contributed by atoms with Crippen LogP contribution in [-0.2, 0) is 16.4 Å². The van der Waals surface area contributed by atoms with Crippen LogP contribution in [0.5, 0.6) is 0 Å². The summed E-state index contributed by atoms with van der Waals surface area (Å²) in [5.41, 5.74) is 3.60. The molecule has 0 saturated carbocycles.